The van der Waals surface area contributed by atoms with Gasteiger partial charge < -0.3 is 0 Å². The van der Waals surface area contributed by atoms with E-state index in [4.69, 9.17) is 0 Å². The van der Waals surface area contributed by atoms with E-state index in [0.717, 1.165) is 16.4 Å². The maximum atomic E-state index is 4.24. The zero-order valence-electron chi connectivity index (χ0n) is 9.50. The van der Waals surface area contributed by atoms with Gasteiger partial charge in [0, 0.05) is 11.6 Å². The molecule has 86 valence electrons. The fraction of sp³-hybridized carbons (Fsp3) is 0.0769. The van der Waals surface area contributed by atoms with Crippen molar-refractivity contribution in [2.75, 3.05) is 5.43 Å². The molecular formula is C13H13N3S. The highest BCUT2D eigenvalue weighted by Crippen LogP contribution is 2.13. The number of hydrogen-bond acceptors (Lipinski definition) is 4. The Morgan fingerprint density at radius 2 is 2.12 bits per heavy atom. The van der Waals surface area contributed by atoms with Crippen LogP contribution in [0.5, 0.6) is 0 Å². The largest absolute Gasteiger partial charge is 0.253 e. The topological polar surface area (TPSA) is 37.3 Å². The Hall–Kier alpha value is -1.94. The van der Waals surface area contributed by atoms with E-state index in [1.54, 1.807) is 17.6 Å². The lowest BCUT2D eigenvalue weighted by molar-refractivity contribution is 1.22. The van der Waals surface area contributed by atoms with Crippen LogP contribution in [0.25, 0.3) is 6.08 Å². The summed E-state index contributed by atoms with van der Waals surface area (Å²) in [5.74, 6) is 0. The zero-order valence-corrected chi connectivity index (χ0v) is 10.3. The Morgan fingerprint density at radius 3 is 2.82 bits per heavy atom. The minimum absolute atomic E-state index is 0.812. The molecule has 1 aromatic carbocycles. The molecule has 1 heterocycles. The van der Waals surface area contributed by atoms with E-state index in [0.29, 0.717) is 0 Å². The van der Waals surface area contributed by atoms with Crippen molar-refractivity contribution in [3.63, 3.8) is 0 Å². The van der Waals surface area contributed by atoms with E-state index in [-0.39, 0.29) is 0 Å². The number of anilines is 1. The van der Waals surface area contributed by atoms with E-state index >= 15 is 0 Å². The number of benzene rings is 1. The Kier molecular flexibility index (Phi) is 4.05. The van der Waals surface area contributed by atoms with Crippen LogP contribution in [0, 0.1) is 6.92 Å². The smallest absolute Gasteiger partial charge is 0.203 e. The number of allylic oxidation sites excluding steroid dienone is 1. The second kappa shape index (κ2) is 5.96. The normalized spacial score (nSPS) is 11.4. The first-order valence-electron chi connectivity index (χ1n) is 5.27. The summed E-state index contributed by atoms with van der Waals surface area (Å²) in [5, 5.41) is 6.85. The second-order valence-electron chi connectivity index (χ2n) is 3.45. The van der Waals surface area contributed by atoms with Crippen molar-refractivity contribution in [1.29, 1.82) is 0 Å². The van der Waals surface area contributed by atoms with Crippen LogP contribution in [-0.2, 0) is 0 Å². The molecule has 3 nitrogen and oxygen atoms in total. The van der Waals surface area contributed by atoms with Crippen molar-refractivity contribution in [3.05, 3.63) is 53.0 Å². The van der Waals surface area contributed by atoms with Gasteiger partial charge >= 0.3 is 0 Å². The van der Waals surface area contributed by atoms with Crippen molar-refractivity contribution in [3.8, 4) is 0 Å². The number of hydrogen-bond donors (Lipinski definition) is 1. The van der Waals surface area contributed by atoms with Gasteiger partial charge in [-0.2, -0.15) is 5.10 Å². The van der Waals surface area contributed by atoms with Gasteiger partial charge in [0.2, 0.25) is 5.13 Å². The summed E-state index contributed by atoms with van der Waals surface area (Å²) in [5.41, 5.74) is 5.04. The molecule has 0 atom stereocenters. The molecule has 0 aliphatic rings. The van der Waals surface area contributed by atoms with Gasteiger partial charge in [0.05, 0.1) is 5.69 Å². The van der Waals surface area contributed by atoms with Crippen LogP contribution >= 0.6 is 11.3 Å². The van der Waals surface area contributed by atoms with E-state index in [1.165, 1.54) is 0 Å². The third kappa shape index (κ3) is 3.85. The molecule has 17 heavy (non-hydrogen) atoms. The second-order valence-corrected chi connectivity index (χ2v) is 4.31. The first kappa shape index (κ1) is 11.5. The number of aryl methyl sites for hydroxylation is 1. The molecule has 4 heteroatoms. The molecular weight excluding hydrogens is 230 g/mol. The number of nitrogens with one attached hydrogen (secondary N) is 1. The lowest BCUT2D eigenvalue weighted by atomic mass is 10.2. The standard InChI is InChI=1S/C13H13N3S/c1-11-10-17-13(15-11)16-14-9-5-8-12-6-3-2-4-7-12/h2-10H,1H3,(H,15,16)/b8-5+,14-9-. The predicted octanol–water partition coefficient (Wildman–Crippen LogP) is 3.56. The van der Waals surface area contributed by atoms with Crippen molar-refractivity contribution < 1.29 is 0 Å². The maximum absolute atomic E-state index is 4.24. The van der Waals surface area contributed by atoms with Gasteiger partial charge in [-0.1, -0.05) is 36.4 Å². The van der Waals surface area contributed by atoms with Crippen molar-refractivity contribution >= 4 is 28.8 Å². The Balaban J connectivity index is 1.84. The molecule has 0 unspecified atom stereocenters. The number of rotatable bonds is 4. The van der Waals surface area contributed by atoms with Crippen molar-refractivity contribution in [2.24, 2.45) is 5.10 Å². The van der Waals surface area contributed by atoms with Crippen LogP contribution in [0.4, 0.5) is 5.13 Å². The number of hydrazone groups is 1. The summed E-state index contributed by atoms with van der Waals surface area (Å²) in [4.78, 5) is 4.24. The zero-order chi connectivity index (χ0) is 11.9. The predicted molar refractivity (Wildman–Crippen MR) is 74.4 cm³/mol. The van der Waals surface area contributed by atoms with Gasteiger partial charge in [-0.25, -0.2) is 4.98 Å². The van der Waals surface area contributed by atoms with Crippen LogP contribution in [0.2, 0.25) is 0 Å². The van der Waals surface area contributed by atoms with Crippen LogP contribution in [0.15, 0.2) is 46.9 Å². The summed E-state index contributed by atoms with van der Waals surface area (Å²) < 4.78 is 0. The molecule has 0 aliphatic carbocycles. The SMILES string of the molecule is Cc1csc(N/N=C\C=C\c2ccccc2)n1. The lowest BCUT2D eigenvalue weighted by Gasteiger charge is -1.90. The minimum atomic E-state index is 0.812. The highest BCUT2D eigenvalue weighted by Gasteiger charge is 1.93. The number of aromatic nitrogens is 1. The number of thiazole rings is 1. The third-order valence-corrected chi connectivity index (χ3v) is 2.89. The minimum Gasteiger partial charge on any atom is -0.253 e. The van der Waals surface area contributed by atoms with E-state index in [2.05, 4.69) is 15.5 Å². The molecule has 0 aliphatic heterocycles. The maximum Gasteiger partial charge on any atom is 0.203 e. The summed E-state index contributed by atoms with van der Waals surface area (Å²) in [6, 6.07) is 10.1. The van der Waals surface area contributed by atoms with Crippen LogP contribution in [0.3, 0.4) is 0 Å². The quantitative estimate of drug-likeness (QED) is 0.658. The fourth-order valence-electron chi connectivity index (χ4n) is 1.26. The molecule has 0 amide bonds. The average Bonchev–Trinajstić information content (AvgIpc) is 2.76. The van der Waals surface area contributed by atoms with Gasteiger partial charge in [-0.05, 0) is 18.6 Å². The van der Waals surface area contributed by atoms with Crippen molar-refractivity contribution in [1.82, 2.24) is 4.98 Å². The highest BCUT2D eigenvalue weighted by atomic mass is 32.1. The van der Waals surface area contributed by atoms with Crippen LogP contribution in [0.1, 0.15) is 11.3 Å². The first-order valence-corrected chi connectivity index (χ1v) is 6.15. The van der Waals surface area contributed by atoms with Crippen LogP contribution < -0.4 is 5.43 Å². The van der Waals surface area contributed by atoms with E-state index in [1.807, 2.05) is 54.8 Å². The molecule has 0 spiro atoms. The molecule has 2 aromatic rings. The molecule has 0 radical (unpaired) electrons. The molecule has 1 N–H and O–H groups in total. The lowest BCUT2D eigenvalue weighted by Crippen LogP contribution is -1.86. The van der Waals surface area contributed by atoms with Gasteiger partial charge in [-0.3, -0.25) is 5.43 Å². The first-order chi connectivity index (χ1) is 8.34. The summed E-state index contributed by atoms with van der Waals surface area (Å²) in [6.07, 6.45) is 5.60. The van der Waals surface area contributed by atoms with E-state index < -0.39 is 0 Å². The molecule has 1 aromatic heterocycles. The van der Waals surface area contributed by atoms with E-state index in [9.17, 15) is 0 Å². The average molecular weight is 243 g/mol. The molecule has 0 fully saturated rings. The van der Waals surface area contributed by atoms with Crippen LogP contribution in [-0.4, -0.2) is 11.2 Å². The molecule has 0 saturated heterocycles. The fourth-order valence-corrected chi connectivity index (χ4v) is 1.90. The Labute approximate surface area is 105 Å². The summed E-state index contributed by atoms with van der Waals surface area (Å²) in [6.45, 7) is 1.96. The van der Waals surface area contributed by atoms with Crippen molar-refractivity contribution in [2.45, 2.75) is 6.92 Å². The Morgan fingerprint density at radius 1 is 1.29 bits per heavy atom. The summed E-state index contributed by atoms with van der Waals surface area (Å²) >= 11 is 1.54. The van der Waals surface area contributed by atoms with Gasteiger partial charge in [0.25, 0.3) is 0 Å². The van der Waals surface area contributed by atoms with Gasteiger partial charge in [0.15, 0.2) is 0 Å². The monoisotopic (exact) mass is 243 g/mol. The molecule has 0 bridgehead atoms. The summed E-state index contributed by atoms with van der Waals surface area (Å²) in [7, 11) is 0. The van der Waals surface area contributed by atoms with Gasteiger partial charge in [-0.15, -0.1) is 11.3 Å². The third-order valence-electron chi connectivity index (χ3n) is 2.03. The molecule has 2 rings (SSSR count). The molecule has 0 saturated carbocycles. The Bertz CT molecular complexity index is 514. The highest BCUT2D eigenvalue weighted by molar-refractivity contribution is 7.13. The van der Waals surface area contributed by atoms with Gasteiger partial charge in [0.1, 0.15) is 0 Å². The number of nitrogens with zero attached hydrogens (tertiary/aromatic N) is 2.